The minimum Gasteiger partial charge on any atom is -0.319 e. The second kappa shape index (κ2) is 12.3. The predicted octanol–water partition coefficient (Wildman–Crippen LogP) is 13.9. The molecule has 56 heavy (non-hydrogen) atoms. The van der Waals surface area contributed by atoms with Gasteiger partial charge in [0.15, 0.2) is 0 Å². The second-order valence-electron chi connectivity index (χ2n) is 14.3. The van der Waals surface area contributed by atoms with Crippen LogP contribution in [0.1, 0.15) is 5.56 Å². The lowest BCUT2D eigenvalue weighted by atomic mass is 10.0. The Balaban J connectivity index is 1.21. The standard InChI is InChI=1S/C52H30N4/c1-54-44-31-49(55-45-24-22-37(33-12-4-2-5-13-33)28-42(45)51-40-18-10-8-16-35(40)20-26-47(51)55)39(32-53)30-50(44)56-46-25-23-38(34-14-6-3-7-15-34)29-43(46)52-41-19-11-9-17-36(41)21-27-48(52)56/h2-31H. The number of benzene rings is 9. The smallest absolute Gasteiger partial charge is 0.212 e. The van der Waals surface area contributed by atoms with Crippen LogP contribution in [0, 0.1) is 17.9 Å². The minimum absolute atomic E-state index is 0.467. The molecule has 11 rings (SSSR count). The summed E-state index contributed by atoms with van der Waals surface area (Å²) < 4.78 is 4.35. The summed E-state index contributed by atoms with van der Waals surface area (Å²) >= 11 is 0. The van der Waals surface area contributed by atoms with E-state index in [0.29, 0.717) is 22.6 Å². The van der Waals surface area contributed by atoms with E-state index in [0.717, 1.165) is 87.4 Å². The van der Waals surface area contributed by atoms with Crippen molar-refractivity contribution in [3.63, 3.8) is 0 Å². The van der Waals surface area contributed by atoms with E-state index < -0.39 is 0 Å². The fourth-order valence-electron chi connectivity index (χ4n) is 8.83. The van der Waals surface area contributed by atoms with Crippen LogP contribution in [0.4, 0.5) is 5.69 Å². The Kier molecular flexibility index (Phi) is 6.95. The Morgan fingerprint density at radius 1 is 0.411 bits per heavy atom. The van der Waals surface area contributed by atoms with E-state index in [1.54, 1.807) is 0 Å². The molecule has 0 aliphatic carbocycles. The highest BCUT2D eigenvalue weighted by Crippen LogP contribution is 2.44. The molecule has 0 saturated carbocycles. The molecular formula is C52H30N4. The van der Waals surface area contributed by atoms with E-state index in [4.69, 9.17) is 6.57 Å². The maximum absolute atomic E-state index is 11.0. The Morgan fingerprint density at radius 3 is 1.38 bits per heavy atom. The number of nitrogens with zero attached hydrogens (tertiary/aromatic N) is 4. The van der Waals surface area contributed by atoms with Gasteiger partial charge in [-0.25, -0.2) is 4.85 Å². The third-order valence-corrected chi connectivity index (χ3v) is 11.3. The zero-order valence-corrected chi connectivity index (χ0v) is 30.1. The fourth-order valence-corrected chi connectivity index (χ4v) is 8.83. The molecule has 2 heterocycles. The van der Waals surface area contributed by atoms with Crippen molar-refractivity contribution in [1.29, 1.82) is 5.26 Å². The molecular weight excluding hydrogens is 681 g/mol. The molecule has 0 unspecified atom stereocenters. The lowest BCUT2D eigenvalue weighted by Crippen LogP contribution is -2.01. The highest BCUT2D eigenvalue weighted by Gasteiger charge is 2.23. The summed E-state index contributed by atoms with van der Waals surface area (Å²) in [7, 11) is 0. The normalized spacial score (nSPS) is 11.5. The average Bonchev–Trinajstić information content (AvgIpc) is 3.79. The fraction of sp³-hybridized carbons (Fsp3) is 0. The quantitative estimate of drug-likeness (QED) is 0.168. The van der Waals surface area contributed by atoms with Crippen molar-refractivity contribution in [2.24, 2.45) is 0 Å². The van der Waals surface area contributed by atoms with Crippen LogP contribution in [0.15, 0.2) is 182 Å². The summed E-state index contributed by atoms with van der Waals surface area (Å²) in [6.07, 6.45) is 0. The Morgan fingerprint density at radius 2 is 0.875 bits per heavy atom. The van der Waals surface area contributed by atoms with Gasteiger partial charge in [-0.3, -0.25) is 0 Å². The summed E-state index contributed by atoms with van der Waals surface area (Å²) in [5.74, 6) is 0. The first-order valence-corrected chi connectivity index (χ1v) is 18.7. The van der Waals surface area contributed by atoms with Gasteiger partial charge in [0.2, 0.25) is 5.69 Å². The summed E-state index contributed by atoms with van der Waals surface area (Å²) in [5, 5.41) is 20.0. The van der Waals surface area contributed by atoms with Crippen molar-refractivity contribution in [2.75, 3.05) is 0 Å². The molecule has 258 valence electrons. The van der Waals surface area contributed by atoms with E-state index >= 15 is 0 Å². The molecule has 2 aromatic heterocycles. The third-order valence-electron chi connectivity index (χ3n) is 11.3. The van der Waals surface area contributed by atoms with E-state index in [1.165, 1.54) is 0 Å². The highest BCUT2D eigenvalue weighted by atomic mass is 15.0. The molecule has 0 fully saturated rings. The van der Waals surface area contributed by atoms with Crippen molar-refractivity contribution in [3.8, 4) is 39.7 Å². The minimum atomic E-state index is 0.467. The molecule has 9 aromatic carbocycles. The van der Waals surface area contributed by atoms with Crippen molar-refractivity contribution < 1.29 is 0 Å². The van der Waals surface area contributed by atoms with Gasteiger partial charge in [0, 0.05) is 21.5 Å². The van der Waals surface area contributed by atoms with Crippen LogP contribution in [0.5, 0.6) is 0 Å². The van der Waals surface area contributed by atoms with Gasteiger partial charge >= 0.3 is 0 Å². The SMILES string of the molecule is [C-]#[N+]c1cc(-n2c3ccc(-c4ccccc4)cc3c3c4ccccc4ccc32)c(C#N)cc1-n1c2ccc(-c3ccccc3)cc2c2c3ccccc3ccc21. The average molecular weight is 711 g/mol. The Labute approximate surface area is 322 Å². The number of fused-ring (bicyclic) bond motifs is 10. The monoisotopic (exact) mass is 710 g/mol. The third kappa shape index (κ3) is 4.64. The Hall–Kier alpha value is -7.92. The van der Waals surface area contributed by atoms with E-state index in [1.807, 2.05) is 24.3 Å². The molecule has 0 atom stereocenters. The van der Waals surface area contributed by atoms with Gasteiger partial charge < -0.3 is 9.13 Å². The Bertz CT molecular complexity index is 3250. The second-order valence-corrected chi connectivity index (χ2v) is 14.3. The molecule has 0 bridgehead atoms. The molecule has 0 saturated heterocycles. The van der Waals surface area contributed by atoms with Crippen molar-refractivity contribution in [1.82, 2.24) is 9.13 Å². The summed E-state index contributed by atoms with van der Waals surface area (Å²) in [5.41, 5.74) is 10.8. The van der Waals surface area contributed by atoms with Crippen LogP contribution < -0.4 is 0 Å². The first-order chi connectivity index (χ1) is 27.7. The van der Waals surface area contributed by atoms with Crippen LogP contribution in [0.3, 0.4) is 0 Å². The van der Waals surface area contributed by atoms with E-state index in [-0.39, 0.29) is 0 Å². The molecule has 0 N–H and O–H groups in total. The summed E-state index contributed by atoms with van der Waals surface area (Å²) in [6, 6.07) is 65.9. The van der Waals surface area contributed by atoms with Crippen LogP contribution in [0.2, 0.25) is 0 Å². The molecule has 11 aromatic rings. The van der Waals surface area contributed by atoms with Crippen LogP contribution in [-0.4, -0.2) is 9.13 Å². The molecule has 0 amide bonds. The lowest BCUT2D eigenvalue weighted by molar-refractivity contribution is 1.14. The maximum Gasteiger partial charge on any atom is 0.212 e. The first-order valence-electron chi connectivity index (χ1n) is 18.7. The van der Waals surface area contributed by atoms with Crippen molar-refractivity contribution >= 4 is 70.8 Å². The zero-order valence-electron chi connectivity index (χ0n) is 30.1. The predicted molar refractivity (Wildman–Crippen MR) is 232 cm³/mol. The largest absolute Gasteiger partial charge is 0.319 e. The van der Waals surface area contributed by atoms with E-state index in [2.05, 4.69) is 178 Å². The van der Waals surface area contributed by atoms with Gasteiger partial charge in [-0.15, -0.1) is 0 Å². The van der Waals surface area contributed by atoms with Crippen molar-refractivity contribution in [3.05, 3.63) is 199 Å². The van der Waals surface area contributed by atoms with E-state index in [9.17, 15) is 5.26 Å². The number of rotatable bonds is 4. The lowest BCUT2D eigenvalue weighted by Gasteiger charge is -2.16. The van der Waals surface area contributed by atoms with Gasteiger partial charge in [0.05, 0.1) is 45.6 Å². The molecule has 0 spiro atoms. The first kappa shape index (κ1) is 31.6. The molecule has 4 nitrogen and oxygen atoms in total. The molecule has 4 heteroatoms. The molecule has 0 aliphatic rings. The van der Waals surface area contributed by atoms with Crippen LogP contribution in [0.25, 0.3) is 104 Å². The maximum atomic E-state index is 11.0. The summed E-state index contributed by atoms with van der Waals surface area (Å²) in [4.78, 5) is 4.18. The number of hydrogen-bond donors (Lipinski definition) is 0. The number of nitriles is 1. The van der Waals surface area contributed by atoms with Crippen LogP contribution >= 0.6 is 0 Å². The zero-order chi connectivity index (χ0) is 37.3. The summed E-state index contributed by atoms with van der Waals surface area (Å²) in [6.45, 7) is 8.61. The number of hydrogen-bond acceptors (Lipinski definition) is 1. The van der Waals surface area contributed by atoms with Gasteiger partial charge in [-0.05, 0) is 92.3 Å². The van der Waals surface area contributed by atoms with Gasteiger partial charge in [0.1, 0.15) is 6.07 Å². The topological polar surface area (TPSA) is 38.0 Å². The number of aromatic nitrogens is 2. The van der Waals surface area contributed by atoms with Gasteiger partial charge in [0.25, 0.3) is 0 Å². The van der Waals surface area contributed by atoms with Gasteiger partial charge in [-0.2, -0.15) is 5.26 Å². The molecule has 0 radical (unpaired) electrons. The molecule has 0 aliphatic heterocycles. The van der Waals surface area contributed by atoms with Crippen LogP contribution in [-0.2, 0) is 0 Å². The highest BCUT2D eigenvalue weighted by molar-refractivity contribution is 6.23. The van der Waals surface area contributed by atoms with Gasteiger partial charge in [-0.1, -0.05) is 133 Å². The van der Waals surface area contributed by atoms with Crippen molar-refractivity contribution in [2.45, 2.75) is 0 Å².